The van der Waals surface area contributed by atoms with Gasteiger partial charge in [0, 0.05) is 50.0 Å². The molecule has 0 amide bonds. The molecule has 0 saturated carbocycles. The van der Waals surface area contributed by atoms with E-state index in [-0.39, 0.29) is 18.5 Å². The first kappa shape index (κ1) is 27.7. The minimum atomic E-state index is -2.26. The van der Waals surface area contributed by atoms with Crippen LogP contribution in [0.15, 0.2) is 51.7 Å². The van der Waals surface area contributed by atoms with E-state index in [0.717, 1.165) is 30.3 Å². The number of nitrogens with zero attached hydrogens (tertiary/aromatic N) is 6. The number of pyridine rings is 1. The van der Waals surface area contributed by atoms with Crippen LogP contribution in [0.25, 0.3) is 21.9 Å². The van der Waals surface area contributed by atoms with Gasteiger partial charge in [-0.05, 0) is 61.4 Å². The third-order valence-corrected chi connectivity index (χ3v) is 7.57. The van der Waals surface area contributed by atoms with Crippen molar-refractivity contribution >= 4 is 44.7 Å². The van der Waals surface area contributed by atoms with Gasteiger partial charge in [-0.3, -0.25) is 23.1 Å². The summed E-state index contributed by atoms with van der Waals surface area (Å²) < 4.78 is 26.5. The summed E-state index contributed by atoms with van der Waals surface area (Å²) in [6.45, 7) is 5.74. The molecule has 0 bridgehead atoms. The molecule has 2 atom stereocenters. The summed E-state index contributed by atoms with van der Waals surface area (Å²) in [7, 11) is 1.62. The van der Waals surface area contributed by atoms with Crippen molar-refractivity contribution in [3.63, 3.8) is 0 Å². The number of aryl methyl sites for hydroxylation is 1. The van der Waals surface area contributed by atoms with Gasteiger partial charge in [-0.15, -0.1) is 0 Å². The number of fused-ring (bicyclic) bond motifs is 2. The molecule has 3 aromatic heterocycles. The Labute approximate surface area is 233 Å². The van der Waals surface area contributed by atoms with Crippen LogP contribution in [0.4, 0.5) is 11.6 Å². The Bertz CT molecular complexity index is 1750. The summed E-state index contributed by atoms with van der Waals surface area (Å²) in [6, 6.07) is 7.21. The lowest BCUT2D eigenvalue weighted by Gasteiger charge is -2.31. The largest absolute Gasteiger partial charge is 0.771 e. The molecule has 0 spiro atoms. The number of piperidine rings is 1. The first-order valence-electron chi connectivity index (χ1n) is 13.2. The van der Waals surface area contributed by atoms with E-state index in [0.29, 0.717) is 47.0 Å². The Morgan fingerprint density at radius 3 is 2.77 bits per heavy atom. The van der Waals surface area contributed by atoms with Crippen molar-refractivity contribution < 1.29 is 8.76 Å². The second kappa shape index (κ2) is 11.4. The summed E-state index contributed by atoms with van der Waals surface area (Å²) in [5, 5.41) is 4.40. The smallest absolute Gasteiger partial charge is 0.332 e. The van der Waals surface area contributed by atoms with E-state index < -0.39 is 22.3 Å². The van der Waals surface area contributed by atoms with Crippen molar-refractivity contribution in [1.29, 1.82) is 0 Å². The van der Waals surface area contributed by atoms with Crippen LogP contribution in [0.5, 0.6) is 0 Å². The summed E-state index contributed by atoms with van der Waals surface area (Å²) in [6.07, 6.45) is 5.51. The zero-order chi connectivity index (χ0) is 28.6. The molecular formula is C27H33N8O4S-. The first-order chi connectivity index (χ1) is 19.1. The lowest BCUT2D eigenvalue weighted by atomic mass is 10.1. The van der Waals surface area contributed by atoms with Gasteiger partial charge in [0.15, 0.2) is 11.2 Å². The number of nitrogens with one attached hydrogen (secondary N) is 1. The number of imidazole rings is 1. The molecule has 4 heterocycles. The predicted octanol–water partition coefficient (Wildman–Crippen LogP) is 1.64. The van der Waals surface area contributed by atoms with E-state index in [1.807, 2.05) is 36.6 Å². The normalized spacial score (nSPS) is 16.4. The highest BCUT2D eigenvalue weighted by molar-refractivity contribution is 7.79. The molecule has 1 fully saturated rings. The molecule has 1 aliphatic rings. The second-order valence-corrected chi connectivity index (χ2v) is 11.3. The van der Waals surface area contributed by atoms with Crippen LogP contribution in [0, 0.1) is 0 Å². The van der Waals surface area contributed by atoms with Crippen LogP contribution in [0.1, 0.15) is 32.4 Å². The van der Waals surface area contributed by atoms with E-state index in [1.54, 1.807) is 25.4 Å². The van der Waals surface area contributed by atoms with Gasteiger partial charge in [0.25, 0.3) is 5.56 Å². The zero-order valence-corrected chi connectivity index (χ0v) is 23.6. The van der Waals surface area contributed by atoms with Crippen LogP contribution in [0.3, 0.4) is 0 Å². The fourth-order valence-corrected chi connectivity index (χ4v) is 5.42. The fourth-order valence-electron chi connectivity index (χ4n) is 5.14. The SMILES string of the molecule is CC(C)=CCn1c(N2CCCC(N)C2)nc2c1c(=O)n(Cc1nccc3ccc(NCS(=O)[O-])cc13)c(=O)n2C. The van der Waals surface area contributed by atoms with E-state index in [4.69, 9.17) is 10.7 Å². The van der Waals surface area contributed by atoms with Gasteiger partial charge < -0.3 is 25.1 Å². The standard InChI is InChI=1S/C27H34N8O4S/c1-17(2)9-12-34-23-24(31-26(34)33-11-4-5-19(28)14-33)32(3)27(37)35(25(23)36)15-22-21-13-20(30-16-40(38)39)7-6-18(21)8-10-29-22/h6-10,13,19,30H,4-5,11-12,14-16,28H2,1-3H3,(H,38,39)/p-1. The van der Waals surface area contributed by atoms with Crippen molar-refractivity contribution in [2.75, 3.05) is 29.2 Å². The number of nitrogens with two attached hydrogens (primary N) is 1. The van der Waals surface area contributed by atoms with Gasteiger partial charge in [-0.2, -0.15) is 4.98 Å². The Kier molecular flexibility index (Phi) is 7.88. The van der Waals surface area contributed by atoms with Crippen molar-refractivity contribution in [3.05, 3.63) is 68.6 Å². The molecule has 2 unspecified atom stereocenters. The minimum absolute atomic E-state index is 0.0106. The molecule has 4 aromatic rings. The molecule has 0 aliphatic carbocycles. The maximum absolute atomic E-state index is 14.0. The molecule has 1 aromatic carbocycles. The van der Waals surface area contributed by atoms with Crippen LogP contribution in [0.2, 0.25) is 0 Å². The average molecular weight is 566 g/mol. The molecule has 12 nitrogen and oxygen atoms in total. The van der Waals surface area contributed by atoms with E-state index >= 15 is 0 Å². The quantitative estimate of drug-likeness (QED) is 0.239. The zero-order valence-electron chi connectivity index (χ0n) is 22.8. The van der Waals surface area contributed by atoms with Crippen LogP contribution < -0.4 is 27.2 Å². The number of anilines is 2. The van der Waals surface area contributed by atoms with Gasteiger partial charge in [0.2, 0.25) is 5.95 Å². The lowest BCUT2D eigenvalue weighted by molar-refractivity contribution is 0.495. The van der Waals surface area contributed by atoms with E-state index in [1.165, 1.54) is 9.13 Å². The van der Waals surface area contributed by atoms with Gasteiger partial charge in [-0.25, -0.2) is 4.79 Å². The molecule has 1 aliphatic heterocycles. The molecule has 0 radical (unpaired) electrons. The fraction of sp³-hybridized carbons (Fsp3) is 0.407. The maximum Gasteiger partial charge on any atom is 0.332 e. The molecule has 1 saturated heterocycles. The topological polar surface area (TPSA) is 156 Å². The van der Waals surface area contributed by atoms with Gasteiger partial charge >= 0.3 is 5.69 Å². The molecule has 13 heteroatoms. The molecule has 3 N–H and O–H groups in total. The molecule has 212 valence electrons. The number of allylic oxidation sites excluding steroid dienone is 2. The Morgan fingerprint density at radius 1 is 1.25 bits per heavy atom. The number of benzene rings is 1. The van der Waals surface area contributed by atoms with Crippen molar-refractivity contribution in [3.8, 4) is 0 Å². The molecule has 5 rings (SSSR count). The minimum Gasteiger partial charge on any atom is -0.771 e. The monoisotopic (exact) mass is 565 g/mol. The van der Waals surface area contributed by atoms with Crippen molar-refractivity contribution in [2.45, 2.75) is 45.8 Å². The van der Waals surface area contributed by atoms with Crippen LogP contribution in [-0.4, -0.2) is 57.4 Å². The van der Waals surface area contributed by atoms with E-state index in [9.17, 15) is 18.4 Å². The Morgan fingerprint density at radius 2 is 2.05 bits per heavy atom. The summed E-state index contributed by atoms with van der Waals surface area (Å²) in [4.78, 5) is 38.9. The third-order valence-electron chi connectivity index (χ3n) is 7.19. The third kappa shape index (κ3) is 5.44. The number of aromatic nitrogens is 5. The van der Waals surface area contributed by atoms with Gasteiger partial charge in [0.05, 0.1) is 18.1 Å². The summed E-state index contributed by atoms with van der Waals surface area (Å²) in [5.41, 5.74) is 8.18. The highest BCUT2D eigenvalue weighted by atomic mass is 32.2. The summed E-state index contributed by atoms with van der Waals surface area (Å²) in [5.74, 6) is 0.389. The highest BCUT2D eigenvalue weighted by Crippen LogP contribution is 2.25. The Balaban J connectivity index is 1.66. The van der Waals surface area contributed by atoms with Crippen LogP contribution >= 0.6 is 0 Å². The first-order valence-corrected chi connectivity index (χ1v) is 14.4. The Hall–Kier alpha value is -3.81. The summed E-state index contributed by atoms with van der Waals surface area (Å²) >= 11 is -2.26. The molecular weight excluding hydrogens is 532 g/mol. The van der Waals surface area contributed by atoms with Gasteiger partial charge in [0.1, 0.15) is 0 Å². The van der Waals surface area contributed by atoms with Crippen molar-refractivity contribution in [2.24, 2.45) is 12.8 Å². The molecule has 40 heavy (non-hydrogen) atoms. The number of hydrogen-bond acceptors (Lipinski definition) is 9. The average Bonchev–Trinajstić information content (AvgIpc) is 3.32. The number of hydrogen-bond donors (Lipinski definition) is 2. The van der Waals surface area contributed by atoms with Crippen LogP contribution in [-0.2, 0) is 31.2 Å². The maximum atomic E-state index is 14.0. The van der Waals surface area contributed by atoms with Crippen molar-refractivity contribution in [1.82, 2.24) is 23.7 Å². The number of rotatable bonds is 8. The van der Waals surface area contributed by atoms with E-state index in [2.05, 4.69) is 15.2 Å². The lowest BCUT2D eigenvalue weighted by Crippen LogP contribution is -2.44. The highest BCUT2D eigenvalue weighted by Gasteiger charge is 2.26. The second-order valence-electron chi connectivity index (χ2n) is 10.4. The predicted molar refractivity (Wildman–Crippen MR) is 156 cm³/mol. The van der Waals surface area contributed by atoms with Gasteiger partial charge in [-0.1, -0.05) is 17.7 Å².